The Bertz CT molecular complexity index is 595. The summed E-state index contributed by atoms with van der Waals surface area (Å²) in [6.07, 6.45) is 4.19. The minimum absolute atomic E-state index is 0.0126. The number of rotatable bonds is 4. The predicted octanol–water partition coefficient (Wildman–Crippen LogP) is 1.75. The summed E-state index contributed by atoms with van der Waals surface area (Å²) in [5.74, 6) is 0.594. The standard InChI is InChI=1S/C13H14ClN3O2/c1-17-7-6-15-12(17)4-5-16-13(19)10-8-9(18)2-3-11(10)14/h2-3,6-8,18H,4-5H2,1H3,(H,16,19). The predicted molar refractivity (Wildman–Crippen MR) is 72.4 cm³/mol. The highest BCUT2D eigenvalue weighted by Gasteiger charge is 2.11. The van der Waals surface area contributed by atoms with E-state index in [1.165, 1.54) is 18.2 Å². The first kappa shape index (κ1) is 13.4. The fourth-order valence-corrected chi connectivity index (χ4v) is 1.91. The highest BCUT2D eigenvalue weighted by Crippen LogP contribution is 2.20. The Hall–Kier alpha value is -2.01. The van der Waals surface area contributed by atoms with E-state index >= 15 is 0 Å². The molecule has 0 aliphatic heterocycles. The van der Waals surface area contributed by atoms with E-state index in [-0.39, 0.29) is 17.2 Å². The number of aryl methyl sites for hydroxylation is 1. The molecule has 2 aromatic rings. The number of nitrogens with one attached hydrogen (secondary N) is 1. The largest absolute Gasteiger partial charge is 0.508 e. The molecule has 1 heterocycles. The lowest BCUT2D eigenvalue weighted by Gasteiger charge is -2.07. The summed E-state index contributed by atoms with van der Waals surface area (Å²) in [5.41, 5.74) is 0.265. The number of imidazole rings is 1. The number of amides is 1. The van der Waals surface area contributed by atoms with Gasteiger partial charge in [0.2, 0.25) is 0 Å². The van der Waals surface area contributed by atoms with Gasteiger partial charge in [0.25, 0.3) is 5.91 Å². The third-order valence-electron chi connectivity index (χ3n) is 2.75. The minimum atomic E-state index is -0.310. The number of phenols is 1. The number of aromatic hydroxyl groups is 1. The Labute approximate surface area is 115 Å². The first-order valence-corrected chi connectivity index (χ1v) is 6.18. The first-order chi connectivity index (χ1) is 9.08. The average Bonchev–Trinajstić information content (AvgIpc) is 2.78. The molecule has 0 radical (unpaired) electrons. The second kappa shape index (κ2) is 5.75. The van der Waals surface area contributed by atoms with Gasteiger partial charge in [0.1, 0.15) is 11.6 Å². The SMILES string of the molecule is Cn1ccnc1CCNC(=O)c1cc(O)ccc1Cl. The Morgan fingerprint density at radius 2 is 2.32 bits per heavy atom. The molecule has 100 valence electrons. The van der Waals surface area contributed by atoms with Crippen LogP contribution in [0.5, 0.6) is 5.75 Å². The molecule has 5 nitrogen and oxygen atoms in total. The number of halogens is 1. The molecule has 0 unspecified atom stereocenters. The summed E-state index contributed by atoms with van der Waals surface area (Å²) in [7, 11) is 1.90. The van der Waals surface area contributed by atoms with Gasteiger partial charge in [-0.2, -0.15) is 0 Å². The third kappa shape index (κ3) is 3.26. The van der Waals surface area contributed by atoms with Crippen molar-refractivity contribution in [2.45, 2.75) is 6.42 Å². The fourth-order valence-electron chi connectivity index (χ4n) is 1.71. The molecule has 0 saturated carbocycles. The van der Waals surface area contributed by atoms with Crippen LogP contribution in [0.4, 0.5) is 0 Å². The van der Waals surface area contributed by atoms with Crippen LogP contribution < -0.4 is 5.32 Å². The van der Waals surface area contributed by atoms with E-state index in [9.17, 15) is 9.90 Å². The Morgan fingerprint density at radius 3 is 3.00 bits per heavy atom. The molecular formula is C13H14ClN3O2. The van der Waals surface area contributed by atoms with Crippen LogP contribution in [0, 0.1) is 0 Å². The van der Waals surface area contributed by atoms with Gasteiger partial charge in [-0.3, -0.25) is 4.79 Å². The molecule has 0 saturated heterocycles. The number of hydrogen-bond donors (Lipinski definition) is 2. The summed E-state index contributed by atoms with van der Waals surface area (Å²) < 4.78 is 1.90. The van der Waals surface area contributed by atoms with Gasteiger partial charge in [0.05, 0.1) is 10.6 Å². The highest BCUT2D eigenvalue weighted by molar-refractivity contribution is 6.33. The van der Waals surface area contributed by atoms with Crippen LogP contribution in [0.3, 0.4) is 0 Å². The van der Waals surface area contributed by atoms with E-state index in [0.29, 0.717) is 18.0 Å². The lowest BCUT2D eigenvalue weighted by atomic mass is 10.2. The van der Waals surface area contributed by atoms with Crippen molar-refractivity contribution in [3.05, 3.63) is 47.0 Å². The molecule has 0 atom stereocenters. The number of phenolic OH excluding ortho intramolecular Hbond substituents is 1. The molecular weight excluding hydrogens is 266 g/mol. The second-order valence-corrected chi connectivity index (χ2v) is 4.53. The van der Waals surface area contributed by atoms with E-state index < -0.39 is 0 Å². The van der Waals surface area contributed by atoms with Crippen LogP contribution in [-0.4, -0.2) is 27.1 Å². The van der Waals surface area contributed by atoms with Gasteiger partial charge >= 0.3 is 0 Å². The van der Waals surface area contributed by atoms with Crippen molar-refractivity contribution >= 4 is 17.5 Å². The van der Waals surface area contributed by atoms with Gasteiger partial charge in [-0.05, 0) is 18.2 Å². The molecule has 0 spiro atoms. The maximum absolute atomic E-state index is 11.9. The smallest absolute Gasteiger partial charge is 0.252 e. The van der Waals surface area contributed by atoms with Gasteiger partial charge in [-0.1, -0.05) is 11.6 Å². The third-order valence-corrected chi connectivity index (χ3v) is 3.08. The first-order valence-electron chi connectivity index (χ1n) is 5.81. The summed E-state index contributed by atoms with van der Waals surface area (Å²) in [6.45, 7) is 0.454. The fraction of sp³-hybridized carbons (Fsp3) is 0.231. The van der Waals surface area contributed by atoms with Gasteiger partial charge in [-0.15, -0.1) is 0 Å². The zero-order chi connectivity index (χ0) is 13.8. The molecule has 0 aliphatic carbocycles. The number of carbonyl (C=O) groups excluding carboxylic acids is 1. The maximum Gasteiger partial charge on any atom is 0.252 e. The highest BCUT2D eigenvalue weighted by atomic mass is 35.5. The van der Waals surface area contributed by atoms with E-state index in [4.69, 9.17) is 11.6 Å². The number of aromatic nitrogens is 2. The van der Waals surface area contributed by atoms with Gasteiger partial charge in [-0.25, -0.2) is 4.98 Å². The van der Waals surface area contributed by atoms with Crippen LogP contribution in [0.1, 0.15) is 16.2 Å². The van der Waals surface area contributed by atoms with Crippen LogP contribution in [0.25, 0.3) is 0 Å². The monoisotopic (exact) mass is 279 g/mol. The molecule has 0 aliphatic rings. The molecule has 0 fully saturated rings. The van der Waals surface area contributed by atoms with Crippen molar-refractivity contribution in [1.29, 1.82) is 0 Å². The molecule has 1 aromatic heterocycles. The van der Waals surface area contributed by atoms with Crippen molar-refractivity contribution in [2.75, 3.05) is 6.54 Å². The van der Waals surface area contributed by atoms with E-state index in [1.807, 2.05) is 17.8 Å². The van der Waals surface area contributed by atoms with Crippen molar-refractivity contribution in [2.24, 2.45) is 7.05 Å². The zero-order valence-electron chi connectivity index (χ0n) is 10.4. The van der Waals surface area contributed by atoms with Gasteiger partial charge in [0.15, 0.2) is 0 Å². The molecule has 1 amide bonds. The second-order valence-electron chi connectivity index (χ2n) is 4.12. The molecule has 2 N–H and O–H groups in total. The van der Waals surface area contributed by atoms with Crippen LogP contribution in [0.15, 0.2) is 30.6 Å². The van der Waals surface area contributed by atoms with Gasteiger partial charge < -0.3 is 15.0 Å². The van der Waals surface area contributed by atoms with E-state index in [2.05, 4.69) is 10.3 Å². The summed E-state index contributed by atoms with van der Waals surface area (Å²) >= 11 is 5.91. The normalized spacial score (nSPS) is 10.4. The average molecular weight is 280 g/mol. The summed E-state index contributed by atoms with van der Waals surface area (Å²) in [6, 6.07) is 4.27. The number of nitrogens with zero attached hydrogens (tertiary/aromatic N) is 2. The molecule has 6 heteroatoms. The zero-order valence-corrected chi connectivity index (χ0v) is 11.2. The Morgan fingerprint density at radius 1 is 1.53 bits per heavy atom. The lowest BCUT2D eigenvalue weighted by Crippen LogP contribution is -2.26. The number of benzene rings is 1. The van der Waals surface area contributed by atoms with Crippen LogP contribution in [0.2, 0.25) is 5.02 Å². The summed E-state index contributed by atoms with van der Waals surface area (Å²) in [4.78, 5) is 16.1. The van der Waals surface area contributed by atoms with E-state index in [1.54, 1.807) is 6.20 Å². The summed E-state index contributed by atoms with van der Waals surface area (Å²) in [5, 5.41) is 12.4. The van der Waals surface area contributed by atoms with Crippen molar-refractivity contribution in [3.63, 3.8) is 0 Å². The quantitative estimate of drug-likeness (QED) is 0.896. The van der Waals surface area contributed by atoms with Crippen molar-refractivity contribution in [1.82, 2.24) is 14.9 Å². The Kier molecular flexibility index (Phi) is 4.06. The van der Waals surface area contributed by atoms with Crippen molar-refractivity contribution < 1.29 is 9.90 Å². The number of hydrogen-bond acceptors (Lipinski definition) is 3. The topological polar surface area (TPSA) is 67.2 Å². The minimum Gasteiger partial charge on any atom is -0.508 e. The lowest BCUT2D eigenvalue weighted by molar-refractivity contribution is 0.0953. The molecule has 0 bridgehead atoms. The number of carbonyl (C=O) groups is 1. The van der Waals surface area contributed by atoms with E-state index in [0.717, 1.165) is 5.82 Å². The van der Waals surface area contributed by atoms with Gasteiger partial charge in [0, 0.05) is 32.4 Å². The molecule has 19 heavy (non-hydrogen) atoms. The maximum atomic E-state index is 11.9. The van der Waals surface area contributed by atoms with Crippen LogP contribution >= 0.6 is 11.6 Å². The van der Waals surface area contributed by atoms with Crippen molar-refractivity contribution in [3.8, 4) is 5.75 Å². The molecule has 1 aromatic carbocycles. The molecule has 2 rings (SSSR count). The van der Waals surface area contributed by atoms with Crippen LogP contribution in [-0.2, 0) is 13.5 Å². The Balaban J connectivity index is 1.94.